The van der Waals surface area contributed by atoms with Crippen LogP contribution in [-0.4, -0.2) is 16.2 Å². The predicted molar refractivity (Wildman–Crippen MR) is 298 cm³/mol. The van der Waals surface area contributed by atoms with Crippen LogP contribution in [0.4, 0.5) is 27.1 Å². The van der Waals surface area contributed by atoms with Crippen molar-refractivity contribution in [3.8, 4) is 39.6 Å². The van der Waals surface area contributed by atoms with Crippen molar-refractivity contribution in [2.75, 3.05) is 16.5 Å². The molecule has 5 nitrogen and oxygen atoms in total. The number of pyridine rings is 1. The lowest BCUT2D eigenvalue weighted by atomic mass is 9.72. The number of fused-ring (bicyclic) bond motifs is 4. The fourth-order valence-corrected chi connectivity index (χ4v) is 10.7. The van der Waals surface area contributed by atoms with Crippen LogP contribution in [0.3, 0.4) is 0 Å². The van der Waals surface area contributed by atoms with Crippen molar-refractivity contribution in [2.45, 2.75) is 112 Å². The Kier molecular flexibility index (Phi) is 12.2. The van der Waals surface area contributed by atoms with Gasteiger partial charge in [0.05, 0.1) is 22.4 Å². The quantitative estimate of drug-likeness (QED) is 0.137. The van der Waals surface area contributed by atoms with Gasteiger partial charge in [0, 0.05) is 46.0 Å². The van der Waals surface area contributed by atoms with Crippen LogP contribution in [0, 0.1) is 5.82 Å². The van der Waals surface area contributed by atoms with E-state index in [2.05, 4.69) is 213 Å². The van der Waals surface area contributed by atoms with Crippen molar-refractivity contribution in [3.63, 3.8) is 0 Å². The molecule has 360 valence electrons. The molecule has 0 aliphatic carbocycles. The zero-order valence-electron chi connectivity index (χ0n) is 43.5. The van der Waals surface area contributed by atoms with Gasteiger partial charge in [0.2, 0.25) is 0 Å². The molecule has 1 aliphatic rings. The average molecular weight is 939 g/mol. The van der Waals surface area contributed by atoms with Crippen LogP contribution in [0.15, 0.2) is 158 Å². The molecule has 0 saturated carbocycles. The van der Waals surface area contributed by atoms with Crippen LogP contribution < -0.4 is 14.5 Å². The van der Waals surface area contributed by atoms with Gasteiger partial charge in [0.1, 0.15) is 29.8 Å². The second kappa shape index (κ2) is 18.2. The number of ether oxygens (including phenoxy) is 1. The van der Waals surface area contributed by atoms with E-state index in [0.29, 0.717) is 18.2 Å². The first-order chi connectivity index (χ1) is 33.9. The third-order valence-corrected chi connectivity index (χ3v) is 14.3. The third kappa shape index (κ3) is 8.77. The molecule has 1 aliphatic heterocycles. The maximum absolute atomic E-state index is 15.5. The molecule has 2 aromatic heterocycles. The van der Waals surface area contributed by atoms with E-state index in [0.717, 1.165) is 61.9 Å². The van der Waals surface area contributed by atoms with E-state index in [1.807, 2.05) is 30.5 Å². The van der Waals surface area contributed by atoms with E-state index in [4.69, 9.17) is 9.72 Å². The van der Waals surface area contributed by atoms with Crippen LogP contribution in [-0.2, 0) is 10.8 Å². The normalized spacial score (nSPS) is 13.1. The van der Waals surface area contributed by atoms with Gasteiger partial charge in [0.25, 0.3) is 0 Å². The van der Waals surface area contributed by atoms with Gasteiger partial charge >= 0.3 is 0 Å². The van der Waals surface area contributed by atoms with Crippen LogP contribution in [0.2, 0.25) is 0 Å². The number of nitrogens with zero attached hydrogens (tertiary/aromatic N) is 4. The molecule has 0 unspecified atom stereocenters. The third-order valence-electron chi connectivity index (χ3n) is 14.3. The Balaban J connectivity index is 1.19. The number of hydrogen-bond acceptors (Lipinski definition) is 4. The topological polar surface area (TPSA) is 33.5 Å². The number of anilines is 4. The summed E-state index contributed by atoms with van der Waals surface area (Å²) in [6.45, 7) is 28.2. The summed E-state index contributed by atoms with van der Waals surface area (Å²) < 4.78 is 25.0. The first-order valence-electron chi connectivity index (χ1n) is 25.4. The van der Waals surface area contributed by atoms with Gasteiger partial charge in [-0.3, -0.25) is 4.57 Å². The minimum Gasteiger partial charge on any atom is -0.457 e. The fourth-order valence-electron chi connectivity index (χ4n) is 10.7. The highest BCUT2D eigenvalue weighted by molar-refractivity contribution is 6.09. The molecule has 10 rings (SSSR count). The first-order valence-corrected chi connectivity index (χ1v) is 25.4. The van der Waals surface area contributed by atoms with Crippen molar-refractivity contribution in [2.24, 2.45) is 0 Å². The van der Waals surface area contributed by atoms with E-state index in [-0.39, 0.29) is 28.5 Å². The molecule has 0 saturated heterocycles. The smallest absolute Gasteiger partial charge is 0.137 e. The molecule has 9 aromatic rings. The first kappa shape index (κ1) is 47.5. The zero-order chi connectivity index (χ0) is 50.1. The summed E-state index contributed by atoms with van der Waals surface area (Å²) in [5, 5.41) is 2.30. The summed E-state index contributed by atoms with van der Waals surface area (Å²) in [6, 6.07) is 53.1. The number of halogens is 1. The second-order valence-corrected chi connectivity index (χ2v) is 22.5. The van der Waals surface area contributed by atoms with E-state index >= 15 is 4.39 Å². The van der Waals surface area contributed by atoms with Crippen molar-refractivity contribution in [1.29, 1.82) is 0 Å². The Bertz CT molecular complexity index is 3390. The summed E-state index contributed by atoms with van der Waals surface area (Å²) >= 11 is 0. The summed E-state index contributed by atoms with van der Waals surface area (Å²) in [7, 11) is 0. The second-order valence-electron chi connectivity index (χ2n) is 22.5. The van der Waals surface area contributed by atoms with Gasteiger partial charge in [-0.1, -0.05) is 150 Å². The molecule has 0 bridgehead atoms. The summed E-state index contributed by atoms with van der Waals surface area (Å²) in [4.78, 5) is 9.74. The van der Waals surface area contributed by atoms with Crippen LogP contribution in [0.25, 0.3) is 49.9 Å². The van der Waals surface area contributed by atoms with Gasteiger partial charge in [-0.2, -0.15) is 0 Å². The van der Waals surface area contributed by atoms with Gasteiger partial charge in [0.15, 0.2) is 0 Å². The standard InChI is InChI=1S/C65H67FN4O/c1-40(2)43-35-54(64(7,8)9)62(55(36-43)65(10,11)12)45-31-46(37-48(32-45)71-47-28-29-51-50-22-14-16-24-57(50)70(60(51)38-47)61-27-19-20-30-67-61)68-39-69(59-26-18-17-25-58(59)68)63-52(41(3)4)33-44(34-53(63)42(5)6)49-21-13-15-23-56(49)66/h13-38,40-42H,39H2,1-12H3. The number of aromatic nitrogens is 2. The fraction of sp³-hybridized carbons (Fsp3) is 0.277. The lowest BCUT2D eigenvalue weighted by Gasteiger charge is -2.33. The van der Waals surface area contributed by atoms with Crippen molar-refractivity contribution >= 4 is 44.6 Å². The van der Waals surface area contributed by atoms with Crippen molar-refractivity contribution in [3.05, 3.63) is 191 Å². The van der Waals surface area contributed by atoms with Crippen LogP contribution in [0.5, 0.6) is 11.5 Å². The Morgan fingerprint density at radius 2 is 1.14 bits per heavy atom. The molecule has 7 aromatic carbocycles. The molecule has 0 amide bonds. The molecule has 6 heteroatoms. The molecule has 71 heavy (non-hydrogen) atoms. The summed E-state index contributed by atoms with van der Waals surface area (Å²) in [5.41, 5.74) is 16.5. The Morgan fingerprint density at radius 1 is 0.535 bits per heavy atom. The van der Waals surface area contributed by atoms with Gasteiger partial charge in [-0.15, -0.1) is 0 Å². The average Bonchev–Trinajstić information content (AvgIpc) is 3.89. The van der Waals surface area contributed by atoms with Crippen molar-refractivity contribution < 1.29 is 9.13 Å². The minimum absolute atomic E-state index is 0.159. The number of rotatable bonds is 10. The number of benzene rings is 7. The maximum atomic E-state index is 15.5. The summed E-state index contributed by atoms with van der Waals surface area (Å²) in [6.07, 6.45) is 1.85. The Labute approximate surface area is 420 Å². The minimum atomic E-state index is -0.209. The largest absolute Gasteiger partial charge is 0.457 e. The van der Waals surface area contributed by atoms with Gasteiger partial charge in [-0.25, -0.2) is 9.37 Å². The maximum Gasteiger partial charge on any atom is 0.137 e. The Hall–Kier alpha value is -7.18. The van der Waals surface area contributed by atoms with Crippen molar-refractivity contribution in [1.82, 2.24) is 9.55 Å². The Morgan fingerprint density at radius 3 is 1.76 bits per heavy atom. The van der Waals surface area contributed by atoms with Crippen LogP contribution >= 0.6 is 0 Å². The SMILES string of the molecule is CC(C)c1cc(C(C)(C)C)c(-c2cc(Oc3ccc4c5ccccc5n(-c5ccccn5)c4c3)cc(N3CN(c4c(C(C)C)cc(-c5ccccc5F)cc4C(C)C)c4ccccc43)c2)c(C(C)(C)C)c1. The molecule has 0 atom stereocenters. The van der Waals surface area contributed by atoms with E-state index in [1.165, 1.54) is 44.5 Å². The lowest BCUT2D eigenvalue weighted by Crippen LogP contribution is -2.26. The number of para-hydroxylation sites is 3. The predicted octanol–water partition coefficient (Wildman–Crippen LogP) is 18.7. The highest BCUT2D eigenvalue weighted by Crippen LogP contribution is 2.52. The van der Waals surface area contributed by atoms with Gasteiger partial charge in [-0.05, 0) is 146 Å². The monoisotopic (exact) mass is 939 g/mol. The molecule has 0 radical (unpaired) electrons. The summed E-state index contributed by atoms with van der Waals surface area (Å²) in [5.74, 6) is 2.85. The van der Waals surface area contributed by atoms with E-state index in [1.54, 1.807) is 12.1 Å². The van der Waals surface area contributed by atoms with E-state index < -0.39 is 0 Å². The molecule has 0 N–H and O–H groups in total. The highest BCUT2D eigenvalue weighted by Gasteiger charge is 2.34. The van der Waals surface area contributed by atoms with Gasteiger partial charge < -0.3 is 14.5 Å². The lowest BCUT2D eigenvalue weighted by molar-refractivity contribution is 0.483. The molecular weight excluding hydrogens is 872 g/mol. The van der Waals surface area contributed by atoms with Crippen LogP contribution in [0.1, 0.15) is 129 Å². The zero-order valence-corrected chi connectivity index (χ0v) is 43.5. The molecule has 0 fully saturated rings. The molecule has 0 spiro atoms. The highest BCUT2D eigenvalue weighted by atomic mass is 19.1. The van der Waals surface area contributed by atoms with E-state index in [9.17, 15) is 0 Å². The molecule has 3 heterocycles. The molecular formula is C65H67FN4O. The number of hydrogen-bond donors (Lipinski definition) is 0.